The summed E-state index contributed by atoms with van der Waals surface area (Å²) in [7, 11) is 0. The van der Waals surface area contributed by atoms with Crippen LogP contribution in [0.15, 0.2) is 12.2 Å². The Morgan fingerprint density at radius 2 is 1.12 bits per heavy atom. The Bertz CT molecular complexity index is 600. The summed E-state index contributed by atoms with van der Waals surface area (Å²) in [4.78, 5) is 62.4. The molecular weight excluding hydrogens is 264 g/mol. The monoisotopic (exact) mass is 266 g/mol. The molecule has 1 aliphatic heterocycles. The Kier molecular flexibility index (Phi) is 5.36. The van der Waals surface area contributed by atoms with Crippen molar-refractivity contribution in [3.05, 3.63) is 12.2 Å². The normalized spacial score (nSPS) is 12.2. The molecule has 16 heavy (non-hydrogen) atoms. The fourth-order valence-corrected chi connectivity index (χ4v) is 0.668. The maximum atomic E-state index is 9.92. The zero-order chi connectivity index (χ0) is 12.6. The fourth-order valence-electron chi connectivity index (χ4n) is 0.392. The molecule has 1 aliphatic rings. The Labute approximate surface area is 88.3 Å². The van der Waals surface area contributed by atoms with Gasteiger partial charge in [0.25, 0.3) is 0 Å². The van der Waals surface area contributed by atoms with Gasteiger partial charge in [-0.1, -0.05) is 0 Å². The Morgan fingerprint density at radius 3 is 1.19 bits per heavy atom. The zero-order valence-corrected chi connectivity index (χ0v) is 8.47. The van der Waals surface area contributed by atoms with Gasteiger partial charge in [0, 0.05) is 12.2 Å². The molecule has 1 rings (SSSR count). The standard InChI is InChI=1S/C4H2O3.4CO.Fe/c5-3-1-2-4(6)7-3;4*1-2;/h1-2H;;;;;. The summed E-state index contributed by atoms with van der Waals surface area (Å²) in [5, 5.41) is 0. The summed E-state index contributed by atoms with van der Waals surface area (Å²) in [5.74, 6) is -1.16. The summed E-state index contributed by atoms with van der Waals surface area (Å²) in [6.45, 7) is 0. The first kappa shape index (κ1) is 13.7. The molecule has 0 saturated carbocycles. The summed E-state index contributed by atoms with van der Waals surface area (Å²) in [6, 6.07) is 0. The minimum absolute atomic E-state index is 0.579. The molecule has 0 amide bonds. The molecule has 0 N–H and O–H groups in total. The Hall–Kier alpha value is -2.28. The van der Waals surface area contributed by atoms with Gasteiger partial charge in [0.05, 0.1) is 0 Å². The van der Waals surface area contributed by atoms with Crippen molar-refractivity contribution in [1.82, 2.24) is 0 Å². The van der Waals surface area contributed by atoms with Crippen LogP contribution in [0.3, 0.4) is 0 Å². The van der Waals surface area contributed by atoms with Crippen LogP contribution in [0.5, 0.6) is 0 Å². The third-order valence-corrected chi connectivity index (χ3v) is 2.34. The van der Waals surface area contributed by atoms with Crippen molar-refractivity contribution in [1.29, 1.82) is 0 Å². The number of carbonyl (C=O) groups excluding carboxylic acids is 6. The van der Waals surface area contributed by atoms with Crippen LogP contribution in [0.4, 0.5) is 0 Å². The van der Waals surface area contributed by atoms with Crippen LogP contribution < -0.4 is 0 Å². The summed E-state index contributed by atoms with van der Waals surface area (Å²) < 4.78 is 3.97. The molecule has 0 aromatic heterocycles. The molecule has 0 fully saturated rings. The second-order valence-corrected chi connectivity index (χ2v) is 4.45. The van der Waals surface area contributed by atoms with Crippen LogP contribution in [-0.2, 0) is 44.6 Å². The van der Waals surface area contributed by atoms with Crippen LogP contribution in [0, 0.1) is 0 Å². The van der Waals surface area contributed by atoms with Crippen molar-refractivity contribution in [2.45, 2.75) is 0 Å². The molecule has 0 aromatic carbocycles. The van der Waals surface area contributed by atoms with Gasteiger partial charge in [0.15, 0.2) is 0 Å². The number of esters is 2. The first-order valence-corrected chi connectivity index (χ1v) is 5.46. The van der Waals surface area contributed by atoms with Gasteiger partial charge < -0.3 is 4.74 Å². The van der Waals surface area contributed by atoms with E-state index >= 15 is 0 Å². The number of cyclic esters (lactones) is 2. The van der Waals surface area contributed by atoms with Gasteiger partial charge in [-0.3, -0.25) is 0 Å². The van der Waals surface area contributed by atoms with Crippen molar-refractivity contribution >= 4 is 31.1 Å². The van der Waals surface area contributed by atoms with Gasteiger partial charge in [-0.15, -0.1) is 0 Å². The molecule has 0 bridgehead atoms. The molecule has 0 aliphatic carbocycles. The average molecular weight is 266 g/mol. The quantitative estimate of drug-likeness (QED) is 0.284. The minimum atomic E-state index is -3.78. The van der Waals surface area contributed by atoms with Crippen LogP contribution in [-0.4, -0.2) is 31.1 Å². The van der Waals surface area contributed by atoms with E-state index < -0.39 is 23.0 Å². The predicted molar refractivity (Wildman–Crippen MR) is 43.0 cm³/mol. The zero-order valence-electron chi connectivity index (χ0n) is 7.37. The third kappa shape index (κ3) is 3.84. The van der Waals surface area contributed by atoms with Gasteiger partial charge in [-0.25, -0.2) is 9.59 Å². The number of rotatable bonds is 0. The number of ether oxygens (including phenoxy) is 1. The molecule has 7 nitrogen and oxygen atoms in total. The van der Waals surface area contributed by atoms with E-state index in [1.807, 2.05) is 0 Å². The van der Waals surface area contributed by atoms with E-state index in [2.05, 4.69) is 4.74 Å². The van der Waals surface area contributed by atoms with Crippen LogP contribution >= 0.6 is 0 Å². The van der Waals surface area contributed by atoms with Gasteiger partial charge in [-0.2, -0.15) is 0 Å². The number of carbonyl (C=O) groups is 2. The fraction of sp³-hybridized carbons (Fsp3) is 0. The first-order chi connectivity index (χ1) is 7.53. The van der Waals surface area contributed by atoms with E-state index in [-0.39, 0.29) is 0 Å². The number of hydrogen-bond donors (Lipinski definition) is 0. The third-order valence-electron chi connectivity index (χ3n) is 0.990. The van der Waals surface area contributed by atoms with Crippen LogP contribution in [0.2, 0.25) is 0 Å². The number of hydrogen-bond acceptors (Lipinski definition) is 7. The Balaban J connectivity index is 0.000000288. The molecule has 1 heterocycles. The summed E-state index contributed by atoms with van der Waals surface area (Å²) in [6.07, 6.45) is 2.17. The van der Waals surface area contributed by atoms with Crippen molar-refractivity contribution in [2.24, 2.45) is 0 Å². The van der Waals surface area contributed by atoms with Gasteiger partial charge in [-0.05, 0) is 0 Å². The molecular formula is C8H2FeO7. The maximum absolute atomic E-state index is 9.92. The van der Waals surface area contributed by atoms with Crippen molar-refractivity contribution in [3.63, 3.8) is 0 Å². The molecule has 0 saturated heterocycles. The van der Waals surface area contributed by atoms with Crippen molar-refractivity contribution in [2.75, 3.05) is 0 Å². The molecule has 0 radical (unpaired) electrons. The van der Waals surface area contributed by atoms with Gasteiger partial charge >= 0.3 is 61.4 Å². The topological polar surface area (TPSA) is 112 Å². The van der Waals surface area contributed by atoms with E-state index in [0.717, 1.165) is 31.3 Å². The van der Waals surface area contributed by atoms with E-state index in [4.69, 9.17) is 0 Å². The molecule has 0 unspecified atom stereocenters. The van der Waals surface area contributed by atoms with E-state index in [1.54, 1.807) is 0 Å². The SMILES string of the molecule is O=C1C=CC(=O)O1.O=[C]=[Fe](=[C]=O)(=[C]=O)=[C]=O. The summed E-state index contributed by atoms with van der Waals surface area (Å²) >= 11 is -3.78. The van der Waals surface area contributed by atoms with Gasteiger partial charge in [0.2, 0.25) is 0 Å². The molecule has 8 heteroatoms. The first-order valence-electron chi connectivity index (χ1n) is 3.25. The summed E-state index contributed by atoms with van der Waals surface area (Å²) in [5.41, 5.74) is 0. The van der Waals surface area contributed by atoms with E-state index in [1.165, 1.54) is 0 Å². The van der Waals surface area contributed by atoms with E-state index in [0.29, 0.717) is 0 Å². The van der Waals surface area contributed by atoms with Crippen molar-refractivity contribution in [3.8, 4) is 0 Å². The predicted octanol–water partition coefficient (Wildman–Crippen LogP) is -1.96. The second-order valence-electron chi connectivity index (χ2n) is 1.89. The molecule has 84 valence electrons. The van der Waals surface area contributed by atoms with Crippen LogP contribution in [0.25, 0.3) is 0 Å². The van der Waals surface area contributed by atoms with Crippen molar-refractivity contribution < 1.29 is 44.6 Å². The Morgan fingerprint density at radius 1 is 0.812 bits per heavy atom. The molecule has 0 aromatic rings. The second kappa shape index (κ2) is 6.25. The molecule has 0 atom stereocenters. The average Bonchev–Trinajstić information content (AvgIpc) is 2.67. The van der Waals surface area contributed by atoms with E-state index in [9.17, 15) is 28.8 Å². The van der Waals surface area contributed by atoms with Gasteiger partial charge in [0.1, 0.15) is 0 Å². The van der Waals surface area contributed by atoms with Crippen LogP contribution in [0.1, 0.15) is 0 Å². The molecule has 0 spiro atoms.